The fraction of sp³-hybridized carbons (Fsp3) is 0.453. The van der Waals surface area contributed by atoms with Gasteiger partial charge in [0.1, 0.15) is 24.2 Å². The molecule has 2 saturated heterocycles. The molecule has 3 fully saturated rings. The van der Waals surface area contributed by atoms with Crippen molar-refractivity contribution in [1.82, 2.24) is 25.5 Å². The zero-order valence-electron chi connectivity index (χ0n) is 39.0. The van der Waals surface area contributed by atoms with Gasteiger partial charge in [0.05, 0.1) is 36.1 Å². The maximum absolute atomic E-state index is 12.2. The van der Waals surface area contributed by atoms with Gasteiger partial charge in [-0.25, -0.2) is 9.98 Å². The first-order valence-corrected chi connectivity index (χ1v) is 24.5. The van der Waals surface area contributed by atoms with Gasteiger partial charge in [-0.15, -0.1) is 0 Å². The van der Waals surface area contributed by atoms with Crippen molar-refractivity contribution in [3.05, 3.63) is 119 Å². The van der Waals surface area contributed by atoms with Crippen molar-refractivity contribution in [3.8, 4) is 28.7 Å². The molecule has 2 aromatic carbocycles. The van der Waals surface area contributed by atoms with Crippen LogP contribution < -0.4 is 25.8 Å². The van der Waals surface area contributed by atoms with Crippen LogP contribution in [0.3, 0.4) is 0 Å². The molecular weight excluding hydrogens is 877 g/mol. The molecule has 16 nitrogen and oxygen atoms in total. The summed E-state index contributed by atoms with van der Waals surface area (Å²) in [5.74, 6) is 1.20. The number of phenolic OH excluding ortho intramolecular Hbond substituents is 3. The Morgan fingerprint density at radius 3 is 2.72 bits per heavy atom. The lowest BCUT2D eigenvalue weighted by Crippen LogP contribution is -2.69. The van der Waals surface area contributed by atoms with Gasteiger partial charge in [0.2, 0.25) is 5.75 Å². The fourth-order valence-electron chi connectivity index (χ4n) is 11.4. The number of allylic oxidation sites excluding steroid dienone is 1. The standard InChI is InChI=1S/C53H62N8O8/c1-32(62)67-39-27-37(68-46(28-39)36-25-45(64)50(65)48(26-36)66-22-16-35-6-3-18-55-30-35)10-8-34-9-13-44(63)47(23-34)69-38-7-2-17-53(29-38)41-11-12-43-40-15-21-56-42(40)31-61(43)51(41)59-52(60-53)58-19-4-5-33-14-20-57-49(54)24-33/h3,6,9,13-15,18,20-21,23-26,30-31,37-39,41,43,46,51,63-65H,2,4-5,7-8,10-12,16-17,19,22,27-29H2,1H3,(H2,54,57)(H2,58,59,60)/t37-,38-,39+,41+,43?,46-,51-,53-/m0/s1. The summed E-state index contributed by atoms with van der Waals surface area (Å²) >= 11 is 0. The first-order valence-electron chi connectivity index (χ1n) is 24.5. The predicted octanol–water partition coefficient (Wildman–Crippen LogP) is 7.10. The summed E-state index contributed by atoms with van der Waals surface area (Å²) in [6.45, 7) is 2.40. The maximum atomic E-state index is 12.2. The number of piperidine rings is 1. The number of aromatic hydroxyl groups is 3. The monoisotopic (exact) mass is 938 g/mol. The molecule has 8 atom stereocenters. The number of carbonyl (C=O) groups is 1. The number of hydrogen-bond acceptors (Lipinski definition) is 16. The molecule has 0 radical (unpaired) electrons. The molecule has 7 N–H and O–H groups in total. The third-order valence-corrected chi connectivity index (χ3v) is 14.6. The van der Waals surface area contributed by atoms with Crippen LogP contribution in [0.5, 0.6) is 28.7 Å². The number of nitrogens with one attached hydrogen (secondary N) is 2. The summed E-state index contributed by atoms with van der Waals surface area (Å²) in [5, 5.41) is 40.3. The maximum Gasteiger partial charge on any atom is 0.302 e. The number of aromatic nitrogens is 2. The lowest BCUT2D eigenvalue weighted by atomic mass is 9.66. The number of nitrogens with two attached hydrogens (primary N) is 1. The van der Waals surface area contributed by atoms with E-state index in [0.29, 0.717) is 49.2 Å². The molecule has 4 aromatic rings. The molecule has 1 spiro atoms. The Morgan fingerprint density at radius 1 is 0.971 bits per heavy atom. The highest BCUT2D eigenvalue weighted by Gasteiger charge is 2.55. The minimum Gasteiger partial charge on any atom is -0.504 e. The Labute approximate surface area is 402 Å². The summed E-state index contributed by atoms with van der Waals surface area (Å²) in [4.78, 5) is 33.0. The van der Waals surface area contributed by atoms with E-state index in [1.165, 1.54) is 18.6 Å². The number of nitrogen functional groups attached to an aromatic ring is 1. The number of hydrogen-bond donors (Lipinski definition) is 6. The number of esters is 1. The number of fused-ring (bicyclic) bond motifs is 6. The second kappa shape index (κ2) is 20.0. The molecule has 1 saturated carbocycles. The fourth-order valence-corrected chi connectivity index (χ4v) is 11.4. The topological polar surface area (TPSA) is 218 Å². The highest BCUT2D eigenvalue weighted by atomic mass is 16.6. The van der Waals surface area contributed by atoms with Crippen molar-refractivity contribution in [2.75, 3.05) is 18.9 Å². The van der Waals surface area contributed by atoms with Crippen molar-refractivity contribution < 1.29 is 39.1 Å². The molecule has 10 rings (SSSR count). The lowest BCUT2D eigenvalue weighted by Gasteiger charge is -2.56. The van der Waals surface area contributed by atoms with E-state index in [2.05, 4.69) is 42.8 Å². The molecule has 0 amide bonds. The van der Waals surface area contributed by atoms with Gasteiger partial charge >= 0.3 is 5.97 Å². The molecule has 0 bridgehead atoms. The number of aliphatic imine (C=N–C) groups is 2. The van der Waals surface area contributed by atoms with Gasteiger partial charge in [-0.3, -0.25) is 14.8 Å². The minimum atomic E-state index is -0.541. The SMILES string of the molecule is CC(=O)O[C@@H]1C[C@H](CCc2ccc(O)c(O[C@H]3CCC[C@@]4(C3)NC(NCCCc3ccnc(N)c3)=N[C@@H]3[C@H]4CCC4C5=CC=NC5=CN43)c2)O[C@H](c2cc(O)c(O)c(OCCc3cccnc3)c2)C1. The molecule has 69 heavy (non-hydrogen) atoms. The molecule has 2 aromatic heterocycles. The first-order chi connectivity index (χ1) is 33.6. The van der Waals surface area contributed by atoms with Gasteiger partial charge in [-0.1, -0.05) is 12.1 Å². The van der Waals surface area contributed by atoms with Crippen LogP contribution in [0.1, 0.15) is 99.5 Å². The van der Waals surface area contributed by atoms with E-state index in [1.54, 1.807) is 30.7 Å². The van der Waals surface area contributed by atoms with Crippen LogP contribution in [0.4, 0.5) is 5.82 Å². The average molecular weight is 939 g/mol. The molecular formula is C53H62N8O8. The van der Waals surface area contributed by atoms with Crippen LogP contribution in [0.15, 0.2) is 107 Å². The third-order valence-electron chi connectivity index (χ3n) is 14.6. The second-order valence-electron chi connectivity index (χ2n) is 19.3. The van der Waals surface area contributed by atoms with Crippen molar-refractivity contribution in [3.63, 3.8) is 0 Å². The average Bonchev–Trinajstić information content (AvgIpc) is 3.95. The van der Waals surface area contributed by atoms with Crippen LogP contribution in [-0.2, 0) is 33.5 Å². The van der Waals surface area contributed by atoms with E-state index in [9.17, 15) is 20.1 Å². The van der Waals surface area contributed by atoms with Crippen LogP contribution in [0, 0.1) is 5.92 Å². The van der Waals surface area contributed by atoms with E-state index in [1.807, 2.05) is 42.6 Å². The lowest BCUT2D eigenvalue weighted by molar-refractivity contribution is -0.160. The van der Waals surface area contributed by atoms with Crippen molar-refractivity contribution in [1.29, 1.82) is 0 Å². The van der Waals surface area contributed by atoms with Crippen molar-refractivity contribution in [2.45, 2.75) is 133 Å². The zero-order chi connectivity index (χ0) is 47.5. The van der Waals surface area contributed by atoms with Crippen molar-refractivity contribution in [2.24, 2.45) is 15.9 Å². The molecule has 362 valence electrons. The third kappa shape index (κ3) is 10.3. The largest absolute Gasteiger partial charge is 0.504 e. The molecule has 1 unspecified atom stereocenters. The number of nitrogens with zero attached hydrogens (tertiary/aromatic N) is 5. The second-order valence-corrected chi connectivity index (χ2v) is 19.3. The van der Waals surface area contributed by atoms with Crippen LogP contribution >= 0.6 is 0 Å². The summed E-state index contributed by atoms with van der Waals surface area (Å²) in [6.07, 6.45) is 20.0. The number of pyridine rings is 2. The van der Waals surface area contributed by atoms with Gasteiger partial charge in [0, 0.05) is 81.6 Å². The van der Waals surface area contributed by atoms with Gasteiger partial charge < -0.3 is 55.5 Å². The van der Waals surface area contributed by atoms with E-state index in [4.69, 9.17) is 29.7 Å². The van der Waals surface area contributed by atoms with Crippen LogP contribution in [-0.4, -0.2) is 97.5 Å². The Balaban J connectivity index is 0.810. The molecule has 5 aliphatic heterocycles. The summed E-state index contributed by atoms with van der Waals surface area (Å²) in [5.41, 5.74) is 11.7. The Morgan fingerprint density at radius 2 is 1.87 bits per heavy atom. The molecule has 16 heteroatoms. The predicted molar refractivity (Wildman–Crippen MR) is 260 cm³/mol. The Kier molecular flexibility index (Phi) is 13.3. The summed E-state index contributed by atoms with van der Waals surface area (Å²) in [6, 6.07) is 16.7. The Hall–Kier alpha value is -6.81. The van der Waals surface area contributed by atoms with Crippen LogP contribution in [0.25, 0.3) is 0 Å². The quantitative estimate of drug-likeness (QED) is 0.0398. The molecule has 1 aliphatic carbocycles. The smallest absolute Gasteiger partial charge is 0.302 e. The van der Waals surface area contributed by atoms with E-state index < -0.39 is 12.2 Å². The number of rotatable bonds is 15. The van der Waals surface area contributed by atoms with Crippen molar-refractivity contribution >= 4 is 24.0 Å². The number of aryl methyl sites for hydroxylation is 2. The van der Waals surface area contributed by atoms with E-state index in [0.717, 1.165) is 86.3 Å². The number of benzene rings is 2. The first kappa shape index (κ1) is 45.9. The number of ether oxygens (including phenoxy) is 4. The molecule has 7 heterocycles. The number of carbonyl (C=O) groups excluding carboxylic acids is 1. The highest BCUT2D eigenvalue weighted by molar-refractivity contribution is 5.83. The Bertz CT molecular complexity index is 2640. The highest BCUT2D eigenvalue weighted by Crippen LogP contribution is 2.50. The number of phenols is 3. The normalized spacial score (nSPS) is 26.7. The number of anilines is 1. The number of guanidine groups is 1. The minimum absolute atomic E-state index is 0.0581. The van der Waals surface area contributed by atoms with Gasteiger partial charge in [0.25, 0.3) is 0 Å². The van der Waals surface area contributed by atoms with Gasteiger partial charge in [0.15, 0.2) is 29.0 Å². The van der Waals surface area contributed by atoms with Gasteiger partial charge in [-0.2, -0.15) is 0 Å². The summed E-state index contributed by atoms with van der Waals surface area (Å²) in [7, 11) is 0. The van der Waals surface area contributed by atoms with E-state index >= 15 is 0 Å². The van der Waals surface area contributed by atoms with E-state index in [-0.39, 0.29) is 71.4 Å². The zero-order valence-corrected chi connectivity index (χ0v) is 39.0. The molecule has 6 aliphatic rings. The van der Waals surface area contributed by atoms with Gasteiger partial charge in [-0.05, 0) is 129 Å². The van der Waals surface area contributed by atoms with Crippen LogP contribution in [0.2, 0.25) is 0 Å². The summed E-state index contributed by atoms with van der Waals surface area (Å²) < 4.78 is 25.2.